The van der Waals surface area contributed by atoms with Gasteiger partial charge in [-0.25, -0.2) is 0 Å². The molecule has 2 aromatic rings. The Kier molecular flexibility index (Phi) is 3.96. The van der Waals surface area contributed by atoms with Gasteiger partial charge in [-0.15, -0.1) is 11.3 Å². The van der Waals surface area contributed by atoms with Gasteiger partial charge in [-0.05, 0) is 49.7 Å². The third-order valence-corrected chi connectivity index (χ3v) is 5.05. The largest absolute Gasteiger partial charge is 0.314 e. The van der Waals surface area contributed by atoms with Gasteiger partial charge < -0.3 is 5.32 Å². The van der Waals surface area contributed by atoms with Gasteiger partial charge in [0, 0.05) is 15.6 Å². The number of thiophene rings is 1. The molecule has 1 aliphatic heterocycles. The van der Waals surface area contributed by atoms with E-state index in [1.165, 1.54) is 55.2 Å². The van der Waals surface area contributed by atoms with Crippen molar-refractivity contribution in [2.45, 2.75) is 44.6 Å². The van der Waals surface area contributed by atoms with E-state index in [1.54, 1.807) is 4.88 Å². The third-order valence-electron chi connectivity index (χ3n) is 3.88. The summed E-state index contributed by atoms with van der Waals surface area (Å²) in [6.45, 7) is 1.22. The van der Waals surface area contributed by atoms with Gasteiger partial charge in [0.25, 0.3) is 0 Å². The van der Waals surface area contributed by atoms with Gasteiger partial charge in [-0.2, -0.15) is 0 Å². The summed E-state index contributed by atoms with van der Waals surface area (Å²) in [5, 5.41) is 5.10. The second-order valence-electron chi connectivity index (χ2n) is 5.29. The molecular formula is C16H21NS. The molecule has 0 bridgehead atoms. The molecule has 1 nitrogen and oxygen atoms in total. The van der Waals surface area contributed by atoms with Gasteiger partial charge in [0.05, 0.1) is 0 Å². The van der Waals surface area contributed by atoms with Crippen molar-refractivity contribution in [3.8, 4) is 0 Å². The molecule has 0 spiro atoms. The molecule has 96 valence electrons. The minimum Gasteiger partial charge on any atom is -0.314 e. The SMILES string of the molecule is c1ccc2sc(CCC3CCCCCN3)cc2c1. The summed E-state index contributed by atoms with van der Waals surface area (Å²) in [7, 11) is 0. The monoisotopic (exact) mass is 259 g/mol. The predicted octanol–water partition coefficient (Wildman–Crippen LogP) is 4.37. The zero-order valence-corrected chi connectivity index (χ0v) is 11.6. The zero-order chi connectivity index (χ0) is 12.2. The standard InChI is InChI=1S/C16H21NS/c1-2-7-14(17-11-5-1)9-10-15-12-13-6-3-4-8-16(13)18-15/h3-4,6,8,12,14,17H,1-2,5,7,9-11H2. The van der Waals surface area contributed by atoms with Crippen LogP contribution in [0.4, 0.5) is 0 Å². The van der Waals surface area contributed by atoms with Crippen LogP contribution in [0, 0.1) is 0 Å². The van der Waals surface area contributed by atoms with Gasteiger partial charge in [-0.3, -0.25) is 0 Å². The van der Waals surface area contributed by atoms with Crippen molar-refractivity contribution in [2.24, 2.45) is 0 Å². The van der Waals surface area contributed by atoms with Crippen LogP contribution in [0.15, 0.2) is 30.3 Å². The highest BCUT2D eigenvalue weighted by molar-refractivity contribution is 7.19. The maximum absolute atomic E-state index is 3.69. The maximum Gasteiger partial charge on any atom is 0.0345 e. The number of rotatable bonds is 3. The van der Waals surface area contributed by atoms with Gasteiger partial charge in [0.2, 0.25) is 0 Å². The molecule has 2 heterocycles. The molecule has 0 amide bonds. The quantitative estimate of drug-likeness (QED) is 0.863. The summed E-state index contributed by atoms with van der Waals surface area (Å²) in [5.74, 6) is 0. The summed E-state index contributed by atoms with van der Waals surface area (Å²) in [6.07, 6.45) is 8.07. The van der Waals surface area contributed by atoms with Crippen molar-refractivity contribution in [2.75, 3.05) is 6.54 Å². The lowest BCUT2D eigenvalue weighted by Crippen LogP contribution is -2.28. The molecule has 0 aliphatic carbocycles. The van der Waals surface area contributed by atoms with E-state index < -0.39 is 0 Å². The molecule has 1 atom stereocenters. The summed E-state index contributed by atoms with van der Waals surface area (Å²) >= 11 is 1.96. The van der Waals surface area contributed by atoms with E-state index in [1.807, 2.05) is 11.3 Å². The number of hydrogen-bond donors (Lipinski definition) is 1. The fourth-order valence-electron chi connectivity index (χ4n) is 2.82. The van der Waals surface area contributed by atoms with Crippen LogP contribution in [0.2, 0.25) is 0 Å². The van der Waals surface area contributed by atoms with Crippen molar-refractivity contribution >= 4 is 21.4 Å². The lowest BCUT2D eigenvalue weighted by atomic mass is 10.1. The van der Waals surface area contributed by atoms with Crippen LogP contribution in [-0.4, -0.2) is 12.6 Å². The molecular weight excluding hydrogens is 238 g/mol. The molecule has 1 aromatic carbocycles. The van der Waals surface area contributed by atoms with Crippen LogP contribution in [0.3, 0.4) is 0 Å². The molecule has 1 aromatic heterocycles. The molecule has 1 unspecified atom stereocenters. The van der Waals surface area contributed by atoms with Crippen molar-refractivity contribution in [3.63, 3.8) is 0 Å². The number of hydrogen-bond acceptors (Lipinski definition) is 2. The predicted molar refractivity (Wildman–Crippen MR) is 80.4 cm³/mol. The number of fused-ring (bicyclic) bond motifs is 1. The molecule has 3 rings (SSSR count). The van der Waals surface area contributed by atoms with Crippen molar-refractivity contribution in [1.82, 2.24) is 5.32 Å². The molecule has 2 heteroatoms. The summed E-state index contributed by atoms with van der Waals surface area (Å²) in [4.78, 5) is 1.54. The number of aryl methyl sites for hydroxylation is 1. The fourth-order valence-corrected chi connectivity index (χ4v) is 3.90. The number of benzene rings is 1. The average molecular weight is 259 g/mol. The fraction of sp³-hybridized carbons (Fsp3) is 0.500. The van der Waals surface area contributed by atoms with Crippen LogP contribution in [0.5, 0.6) is 0 Å². The highest BCUT2D eigenvalue weighted by atomic mass is 32.1. The second kappa shape index (κ2) is 5.85. The first-order valence-corrected chi connectivity index (χ1v) is 7.94. The first kappa shape index (κ1) is 12.2. The van der Waals surface area contributed by atoms with E-state index in [2.05, 4.69) is 35.6 Å². The van der Waals surface area contributed by atoms with Crippen molar-refractivity contribution < 1.29 is 0 Å². The lowest BCUT2D eigenvalue weighted by molar-refractivity contribution is 0.480. The molecule has 18 heavy (non-hydrogen) atoms. The Bertz CT molecular complexity index is 462. The van der Waals surface area contributed by atoms with Crippen molar-refractivity contribution in [3.05, 3.63) is 35.2 Å². The van der Waals surface area contributed by atoms with E-state index >= 15 is 0 Å². The topological polar surface area (TPSA) is 12.0 Å². The highest BCUT2D eigenvalue weighted by Gasteiger charge is 2.11. The van der Waals surface area contributed by atoms with Crippen LogP contribution in [-0.2, 0) is 6.42 Å². The summed E-state index contributed by atoms with van der Waals surface area (Å²) in [5.41, 5.74) is 0. The maximum atomic E-state index is 3.69. The third kappa shape index (κ3) is 2.93. The van der Waals surface area contributed by atoms with Gasteiger partial charge >= 0.3 is 0 Å². The van der Waals surface area contributed by atoms with Gasteiger partial charge in [0.15, 0.2) is 0 Å². The zero-order valence-electron chi connectivity index (χ0n) is 10.8. The van der Waals surface area contributed by atoms with E-state index in [9.17, 15) is 0 Å². The Morgan fingerprint density at radius 2 is 2.11 bits per heavy atom. The van der Waals surface area contributed by atoms with Gasteiger partial charge in [-0.1, -0.05) is 31.0 Å². The molecule has 1 saturated heterocycles. The van der Waals surface area contributed by atoms with E-state index in [0.29, 0.717) is 0 Å². The van der Waals surface area contributed by atoms with Crippen molar-refractivity contribution in [1.29, 1.82) is 0 Å². The van der Waals surface area contributed by atoms with E-state index in [4.69, 9.17) is 0 Å². The Hall–Kier alpha value is -0.860. The molecule has 1 N–H and O–H groups in total. The van der Waals surface area contributed by atoms with Crippen LogP contribution in [0.25, 0.3) is 10.1 Å². The average Bonchev–Trinajstić information content (AvgIpc) is 2.63. The molecule has 1 aliphatic rings. The Morgan fingerprint density at radius 1 is 1.17 bits per heavy atom. The smallest absolute Gasteiger partial charge is 0.0345 e. The first-order chi connectivity index (χ1) is 8.92. The lowest BCUT2D eigenvalue weighted by Gasteiger charge is -2.14. The summed E-state index contributed by atoms with van der Waals surface area (Å²) < 4.78 is 1.43. The Labute approximate surface area is 113 Å². The molecule has 0 radical (unpaired) electrons. The Balaban J connectivity index is 1.61. The second-order valence-corrected chi connectivity index (χ2v) is 6.46. The van der Waals surface area contributed by atoms with Crippen LogP contribution < -0.4 is 5.32 Å². The summed E-state index contributed by atoms with van der Waals surface area (Å²) in [6, 6.07) is 11.8. The van der Waals surface area contributed by atoms with E-state index in [-0.39, 0.29) is 0 Å². The first-order valence-electron chi connectivity index (χ1n) is 7.13. The van der Waals surface area contributed by atoms with Gasteiger partial charge in [0.1, 0.15) is 0 Å². The number of nitrogens with one attached hydrogen (secondary N) is 1. The van der Waals surface area contributed by atoms with Crippen LogP contribution >= 0.6 is 11.3 Å². The highest BCUT2D eigenvalue weighted by Crippen LogP contribution is 2.26. The Morgan fingerprint density at radius 3 is 3.06 bits per heavy atom. The minimum absolute atomic E-state index is 0.748. The molecule has 1 fully saturated rings. The normalized spacial score (nSPS) is 21.0. The molecule has 0 saturated carbocycles. The minimum atomic E-state index is 0.748. The van der Waals surface area contributed by atoms with Crippen LogP contribution in [0.1, 0.15) is 37.0 Å². The van der Waals surface area contributed by atoms with E-state index in [0.717, 1.165) is 6.04 Å².